The summed E-state index contributed by atoms with van der Waals surface area (Å²) >= 11 is 0. The summed E-state index contributed by atoms with van der Waals surface area (Å²) in [7, 11) is 1.60. The molecule has 0 bridgehead atoms. The van der Waals surface area contributed by atoms with Crippen LogP contribution in [0.4, 0.5) is 0 Å². The van der Waals surface area contributed by atoms with E-state index in [1.165, 1.54) is 0 Å². The fraction of sp³-hybridized carbons (Fsp3) is 1.00. The predicted molar refractivity (Wildman–Crippen MR) is 31.9 cm³/mol. The molecule has 0 spiro atoms. The van der Waals surface area contributed by atoms with Gasteiger partial charge in [0, 0.05) is 13.0 Å². The van der Waals surface area contributed by atoms with Crippen molar-refractivity contribution in [2.45, 2.75) is 12.7 Å². The van der Waals surface area contributed by atoms with Crippen LogP contribution < -0.4 is 0 Å². The first-order valence-corrected chi connectivity index (χ1v) is 3.13. The molecule has 1 aliphatic heterocycles. The normalized spacial score (nSPS) is 35.3. The zero-order valence-corrected chi connectivity index (χ0v) is 5.54. The van der Waals surface area contributed by atoms with Gasteiger partial charge >= 0.3 is 0 Å². The molecule has 0 aromatic carbocycles. The summed E-state index contributed by atoms with van der Waals surface area (Å²) in [5.74, 6) is 0.190. The standard InChI is InChI=1S/C6H12O3/c1-8-6-5(4-7)2-3-9-6/h5-7H,2-4H2,1H3/t5-,6+/m1/s1. The van der Waals surface area contributed by atoms with Gasteiger partial charge < -0.3 is 14.6 Å². The molecule has 54 valence electrons. The van der Waals surface area contributed by atoms with Gasteiger partial charge in [0.15, 0.2) is 6.29 Å². The van der Waals surface area contributed by atoms with Gasteiger partial charge in [0.2, 0.25) is 0 Å². The van der Waals surface area contributed by atoms with Crippen LogP contribution in [0.25, 0.3) is 0 Å². The summed E-state index contributed by atoms with van der Waals surface area (Å²) in [6.45, 7) is 0.877. The zero-order valence-electron chi connectivity index (χ0n) is 5.54. The van der Waals surface area contributed by atoms with Crippen LogP contribution in [0.3, 0.4) is 0 Å². The van der Waals surface area contributed by atoms with Gasteiger partial charge in [0.05, 0.1) is 13.2 Å². The Hall–Kier alpha value is -0.120. The number of aliphatic hydroxyl groups is 1. The average molecular weight is 132 g/mol. The highest BCUT2D eigenvalue weighted by Crippen LogP contribution is 2.19. The fourth-order valence-electron chi connectivity index (χ4n) is 1.05. The molecule has 0 aromatic rings. The molecule has 0 radical (unpaired) electrons. The topological polar surface area (TPSA) is 38.7 Å². The molecule has 2 atom stereocenters. The van der Waals surface area contributed by atoms with Crippen molar-refractivity contribution in [3.05, 3.63) is 0 Å². The molecule has 0 amide bonds. The lowest BCUT2D eigenvalue weighted by Gasteiger charge is -2.12. The van der Waals surface area contributed by atoms with Crippen LogP contribution in [-0.2, 0) is 9.47 Å². The lowest BCUT2D eigenvalue weighted by atomic mass is 10.1. The van der Waals surface area contributed by atoms with E-state index in [2.05, 4.69) is 0 Å². The molecule has 1 fully saturated rings. The van der Waals surface area contributed by atoms with Crippen LogP contribution in [0.1, 0.15) is 6.42 Å². The van der Waals surface area contributed by atoms with Crippen LogP contribution in [0.5, 0.6) is 0 Å². The highest BCUT2D eigenvalue weighted by molar-refractivity contribution is 4.67. The largest absolute Gasteiger partial charge is 0.396 e. The van der Waals surface area contributed by atoms with Gasteiger partial charge in [-0.25, -0.2) is 0 Å². The maximum absolute atomic E-state index is 8.71. The van der Waals surface area contributed by atoms with Crippen molar-refractivity contribution >= 4 is 0 Å². The smallest absolute Gasteiger partial charge is 0.162 e. The molecule has 1 aliphatic rings. The second kappa shape index (κ2) is 3.15. The van der Waals surface area contributed by atoms with Gasteiger partial charge in [-0.2, -0.15) is 0 Å². The number of methoxy groups -OCH3 is 1. The summed E-state index contributed by atoms with van der Waals surface area (Å²) in [5.41, 5.74) is 0. The number of hydrogen-bond donors (Lipinski definition) is 1. The lowest BCUT2D eigenvalue weighted by molar-refractivity contribution is -0.116. The number of rotatable bonds is 2. The first-order valence-electron chi connectivity index (χ1n) is 3.13. The van der Waals surface area contributed by atoms with Crippen molar-refractivity contribution in [1.29, 1.82) is 0 Å². The van der Waals surface area contributed by atoms with E-state index in [0.717, 1.165) is 6.42 Å². The minimum atomic E-state index is -0.171. The van der Waals surface area contributed by atoms with Gasteiger partial charge in [-0.15, -0.1) is 0 Å². The molecule has 1 heterocycles. The molecule has 3 nitrogen and oxygen atoms in total. The van der Waals surface area contributed by atoms with Crippen LogP contribution in [-0.4, -0.2) is 31.7 Å². The van der Waals surface area contributed by atoms with Crippen molar-refractivity contribution in [2.24, 2.45) is 5.92 Å². The van der Waals surface area contributed by atoms with E-state index >= 15 is 0 Å². The molecular weight excluding hydrogens is 120 g/mol. The molecule has 0 aliphatic carbocycles. The number of hydrogen-bond acceptors (Lipinski definition) is 3. The summed E-state index contributed by atoms with van der Waals surface area (Å²) < 4.78 is 10.1. The SMILES string of the molecule is CO[C@H]1OCC[C@@H]1CO. The molecule has 9 heavy (non-hydrogen) atoms. The van der Waals surface area contributed by atoms with Gasteiger partial charge in [0.25, 0.3) is 0 Å². The van der Waals surface area contributed by atoms with Gasteiger partial charge in [-0.1, -0.05) is 0 Å². The predicted octanol–water partition coefficient (Wildman–Crippen LogP) is -0.0123. The highest BCUT2D eigenvalue weighted by Gasteiger charge is 2.26. The highest BCUT2D eigenvalue weighted by atomic mass is 16.7. The van der Waals surface area contributed by atoms with Crippen molar-refractivity contribution in [2.75, 3.05) is 20.3 Å². The Morgan fingerprint density at radius 3 is 3.00 bits per heavy atom. The van der Waals surface area contributed by atoms with Crippen molar-refractivity contribution in [3.8, 4) is 0 Å². The Morgan fingerprint density at radius 1 is 1.78 bits per heavy atom. The van der Waals surface area contributed by atoms with Gasteiger partial charge in [-0.3, -0.25) is 0 Å². The average Bonchev–Trinajstić information content (AvgIpc) is 2.33. The second-order valence-electron chi connectivity index (χ2n) is 2.21. The molecule has 1 N–H and O–H groups in total. The van der Waals surface area contributed by atoms with E-state index in [1.807, 2.05) is 0 Å². The van der Waals surface area contributed by atoms with E-state index in [1.54, 1.807) is 7.11 Å². The van der Waals surface area contributed by atoms with E-state index < -0.39 is 0 Å². The van der Waals surface area contributed by atoms with Crippen molar-refractivity contribution < 1.29 is 14.6 Å². The van der Waals surface area contributed by atoms with Gasteiger partial charge in [0.1, 0.15) is 0 Å². The van der Waals surface area contributed by atoms with E-state index in [4.69, 9.17) is 14.6 Å². The Morgan fingerprint density at radius 2 is 2.56 bits per heavy atom. The van der Waals surface area contributed by atoms with Crippen LogP contribution in [0, 0.1) is 5.92 Å². The number of ether oxygens (including phenoxy) is 2. The first-order chi connectivity index (χ1) is 4.38. The van der Waals surface area contributed by atoms with Crippen LogP contribution in [0.15, 0.2) is 0 Å². The maximum Gasteiger partial charge on any atom is 0.162 e. The van der Waals surface area contributed by atoms with Crippen LogP contribution in [0.2, 0.25) is 0 Å². The molecular formula is C6H12O3. The van der Waals surface area contributed by atoms with E-state index in [-0.39, 0.29) is 18.8 Å². The lowest BCUT2D eigenvalue weighted by Crippen LogP contribution is -2.20. The molecule has 0 aromatic heterocycles. The number of aliphatic hydroxyl groups excluding tert-OH is 1. The summed E-state index contributed by atoms with van der Waals surface area (Å²) in [6.07, 6.45) is 0.740. The quantitative estimate of drug-likeness (QED) is 0.574. The third-order valence-corrected chi connectivity index (χ3v) is 1.62. The summed E-state index contributed by atoms with van der Waals surface area (Å²) in [5, 5.41) is 8.71. The Kier molecular flexibility index (Phi) is 2.45. The summed E-state index contributed by atoms with van der Waals surface area (Å²) in [4.78, 5) is 0. The Bertz CT molecular complexity index is 74.4. The third-order valence-electron chi connectivity index (χ3n) is 1.62. The molecule has 0 saturated carbocycles. The van der Waals surface area contributed by atoms with Gasteiger partial charge in [-0.05, 0) is 6.42 Å². The minimum absolute atomic E-state index is 0.165. The first kappa shape index (κ1) is 6.99. The minimum Gasteiger partial charge on any atom is -0.396 e. The Labute approximate surface area is 54.6 Å². The van der Waals surface area contributed by atoms with E-state index in [0.29, 0.717) is 6.61 Å². The zero-order chi connectivity index (χ0) is 6.69. The summed E-state index contributed by atoms with van der Waals surface area (Å²) in [6, 6.07) is 0. The van der Waals surface area contributed by atoms with Crippen molar-refractivity contribution in [1.82, 2.24) is 0 Å². The fourth-order valence-corrected chi connectivity index (χ4v) is 1.05. The van der Waals surface area contributed by atoms with Crippen LogP contribution >= 0.6 is 0 Å². The molecule has 3 heteroatoms. The molecule has 0 unspecified atom stereocenters. The Balaban J connectivity index is 2.32. The van der Waals surface area contributed by atoms with E-state index in [9.17, 15) is 0 Å². The third kappa shape index (κ3) is 1.41. The maximum atomic E-state index is 8.71. The molecule has 1 saturated heterocycles. The monoisotopic (exact) mass is 132 g/mol. The molecule has 1 rings (SSSR count). The van der Waals surface area contributed by atoms with Crippen molar-refractivity contribution in [3.63, 3.8) is 0 Å². The second-order valence-corrected chi connectivity index (χ2v) is 2.21.